The minimum Gasteiger partial charge on any atom is -0.339 e. The van der Waals surface area contributed by atoms with Gasteiger partial charge in [-0.3, -0.25) is 9.48 Å². The van der Waals surface area contributed by atoms with Crippen LogP contribution >= 0.6 is 11.3 Å². The quantitative estimate of drug-likeness (QED) is 0.344. The molecule has 1 aliphatic rings. The summed E-state index contributed by atoms with van der Waals surface area (Å²) in [6.45, 7) is 7.17. The second-order valence-corrected chi connectivity index (χ2v) is 11.3. The van der Waals surface area contributed by atoms with Crippen LogP contribution in [0.2, 0.25) is 0 Å². The van der Waals surface area contributed by atoms with E-state index >= 15 is 4.39 Å². The highest BCUT2D eigenvalue weighted by molar-refractivity contribution is 7.14. The number of carbonyl (C=O) groups is 1. The van der Waals surface area contributed by atoms with Gasteiger partial charge in [0, 0.05) is 53.3 Å². The average Bonchev–Trinajstić information content (AvgIpc) is 3.59. The molecule has 0 spiro atoms. The molecular weight excluding hydrogens is 475 g/mol. The third-order valence-corrected chi connectivity index (χ3v) is 8.11. The molecule has 1 amide bonds. The lowest BCUT2D eigenvalue weighted by Gasteiger charge is -2.19. The molecule has 7 nitrogen and oxygen atoms in total. The molecule has 0 saturated carbocycles. The summed E-state index contributed by atoms with van der Waals surface area (Å²) in [5.41, 5.74) is 5.29. The minimum atomic E-state index is -0.360. The Morgan fingerprint density at radius 1 is 1.14 bits per heavy atom. The predicted molar refractivity (Wildman–Crippen MR) is 138 cm³/mol. The van der Waals surface area contributed by atoms with Gasteiger partial charge in [0.2, 0.25) is 0 Å². The smallest absolute Gasteiger partial charge is 0.264 e. The van der Waals surface area contributed by atoms with E-state index in [2.05, 4.69) is 46.9 Å². The normalized spacial score (nSPS) is 13.7. The molecule has 0 unspecified atom stereocenters. The SMILES string of the molecule is Cn1cc(-c2cc3c(-c4ccc(CN5Cc6cc(C(C)(C)C)sc6C5=O)c(F)c4)ncnc3[nH]2)cn1. The molecular formula is C27H25FN6OS. The Morgan fingerprint density at radius 2 is 1.97 bits per heavy atom. The van der Waals surface area contributed by atoms with Crippen LogP contribution < -0.4 is 0 Å². The van der Waals surface area contributed by atoms with Crippen molar-refractivity contribution in [1.29, 1.82) is 0 Å². The Balaban J connectivity index is 1.26. The number of hydrogen-bond acceptors (Lipinski definition) is 5. The monoisotopic (exact) mass is 500 g/mol. The summed E-state index contributed by atoms with van der Waals surface area (Å²) < 4.78 is 17.0. The van der Waals surface area contributed by atoms with E-state index in [1.54, 1.807) is 33.2 Å². The number of amides is 1. The Kier molecular flexibility index (Phi) is 5.08. The second kappa shape index (κ2) is 8.09. The fourth-order valence-corrected chi connectivity index (χ4v) is 5.76. The number of rotatable bonds is 4. The van der Waals surface area contributed by atoms with Gasteiger partial charge >= 0.3 is 0 Å². The summed E-state index contributed by atoms with van der Waals surface area (Å²) in [5.74, 6) is -0.387. The van der Waals surface area contributed by atoms with E-state index in [1.165, 1.54) is 17.3 Å². The van der Waals surface area contributed by atoms with Crippen molar-refractivity contribution < 1.29 is 9.18 Å². The van der Waals surface area contributed by atoms with Gasteiger partial charge in [0.1, 0.15) is 17.8 Å². The molecule has 5 heterocycles. The van der Waals surface area contributed by atoms with Gasteiger partial charge in [-0.25, -0.2) is 14.4 Å². The van der Waals surface area contributed by atoms with Crippen LogP contribution in [0.1, 0.15) is 46.4 Å². The van der Waals surface area contributed by atoms with Crippen molar-refractivity contribution in [3.63, 3.8) is 0 Å². The number of benzene rings is 1. The van der Waals surface area contributed by atoms with Crippen LogP contribution in [0.4, 0.5) is 4.39 Å². The number of nitrogens with one attached hydrogen (secondary N) is 1. The summed E-state index contributed by atoms with van der Waals surface area (Å²) in [6.07, 6.45) is 5.16. The number of aromatic amines is 1. The molecule has 0 bridgehead atoms. The van der Waals surface area contributed by atoms with Crippen LogP contribution in [0.3, 0.4) is 0 Å². The first-order valence-corrected chi connectivity index (χ1v) is 12.5. The maximum atomic E-state index is 15.3. The molecule has 0 aliphatic carbocycles. The first-order chi connectivity index (χ1) is 17.2. The highest BCUT2D eigenvalue weighted by Crippen LogP contribution is 2.38. The Bertz CT molecular complexity index is 1640. The zero-order valence-electron chi connectivity index (χ0n) is 20.5. The van der Waals surface area contributed by atoms with E-state index in [-0.39, 0.29) is 23.7 Å². The van der Waals surface area contributed by atoms with Crippen molar-refractivity contribution in [1.82, 2.24) is 29.6 Å². The number of aryl methyl sites for hydroxylation is 1. The van der Waals surface area contributed by atoms with Crippen molar-refractivity contribution in [3.05, 3.63) is 75.8 Å². The number of thiophene rings is 1. The summed E-state index contributed by atoms with van der Waals surface area (Å²) in [7, 11) is 1.86. The van der Waals surface area contributed by atoms with Crippen LogP contribution in [-0.2, 0) is 25.6 Å². The maximum absolute atomic E-state index is 15.3. The zero-order chi connectivity index (χ0) is 25.2. The van der Waals surface area contributed by atoms with E-state index in [9.17, 15) is 4.79 Å². The van der Waals surface area contributed by atoms with Gasteiger partial charge in [-0.05, 0) is 29.2 Å². The second-order valence-electron chi connectivity index (χ2n) is 10.3. The molecule has 0 fully saturated rings. The first-order valence-electron chi connectivity index (χ1n) is 11.7. The van der Waals surface area contributed by atoms with Crippen LogP contribution in [0, 0.1) is 5.82 Å². The van der Waals surface area contributed by atoms with Crippen LogP contribution in [-0.4, -0.2) is 35.5 Å². The molecule has 5 aromatic rings. The van der Waals surface area contributed by atoms with Crippen molar-refractivity contribution in [2.24, 2.45) is 7.05 Å². The molecule has 4 aromatic heterocycles. The van der Waals surface area contributed by atoms with Crippen molar-refractivity contribution in [2.45, 2.75) is 39.3 Å². The molecule has 182 valence electrons. The summed E-state index contributed by atoms with van der Waals surface area (Å²) >= 11 is 1.55. The van der Waals surface area contributed by atoms with Crippen molar-refractivity contribution in [3.8, 4) is 22.5 Å². The van der Waals surface area contributed by atoms with E-state index in [4.69, 9.17) is 0 Å². The molecule has 36 heavy (non-hydrogen) atoms. The number of hydrogen-bond donors (Lipinski definition) is 1. The first kappa shape index (κ1) is 22.6. The van der Waals surface area contributed by atoms with E-state index in [0.29, 0.717) is 29.0 Å². The van der Waals surface area contributed by atoms with Gasteiger partial charge in [0.25, 0.3) is 5.91 Å². The highest BCUT2D eigenvalue weighted by atomic mass is 32.1. The van der Waals surface area contributed by atoms with Crippen molar-refractivity contribution in [2.75, 3.05) is 0 Å². The lowest BCUT2D eigenvalue weighted by Crippen LogP contribution is -2.24. The average molecular weight is 501 g/mol. The number of H-pyrrole nitrogens is 1. The third kappa shape index (κ3) is 3.80. The number of aromatic nitrogens is 5. The number of nitrogens with zero attached hydrogens (tertiary/aromatic N) is 5. The van der Waals surface area contributed by atoms with E-state index < -0.39 is 0 Å². The molecule has 0 saturated heterocycles. The molecule has 1 N–H and O–H groups in total. The van der Waals surface area contributed by atoms with Crippen molar-refractivity contribution >= 4 is 28.3 Å². The lowest BCUT2D eigenvalue weighted by molar-refractivity contribution is 0.0768. The number of carbonyl (C=O) groups excluding carboxylic acids is 1. The minimum absolute atomic E-state index is 0.00663. The molecule has 1 aliphatic heterocycles. The number of fused-ring (bicyclic) bond motifs is 2. The van der Waals surface area contributed by atoms with Gasteiger partial charge in [-0.2, -0.15) is 5.10 Å². The standard InChI is InChI=1S/C27H25FN6OS/c1-27(2,3)22-8-17-13-34(26(35)24(17)36-22)12-16-6-5-15(7-20(16)28)23-19-9-21(18-10-31-33(4)11-18)32-25(19)30-14-29-23/h5-11,14H,12-13H2,1-4H3,(H,29,30,32). The van der Waals surface area contributed by atoms with Gasteiger partial charge in [0.15, 0.2) is 0 Å². The van der Waals surface area contributed by atoms with Crippen LogP contribution in [0.5, 0.6) is 0 Å². The summed E-state index contributed by atoms with van der Waals surface area (Å²) in [4.78, 5) is 28.8. The van der Waals surface area contributed by atoms with Crippen LogP contribution in [0.25, 0.3) is 33.5 Å². The summed E-state index contributed by atoms with van der Waals surface area (Å²) in [6, 6.07) is 9.16. The Labute approximate surface area is 211 Å². The Morgan fingerprint density at radius 3 is 2.67 bits per heavy atom. The molecule has 0 radical (unpaired) electrons. The molecule has 9 heteroatoms. The molecule has 1 aromatic carbocycles. The fourth-order valence-electron chi connectivity index (χ4n) is 4.56. The fraction of sp³-hybridized carbons (Fsp3) is 0.259. The number of halogens is 1. The van der Waals surface area contributed by atoms with E-state index in [1.807, 2.05) is 25.4 Å². The third-order valence-electron chi connectivity index (χ3n) is 6.52. The van der Waals surface area contributed by atoms with E-state index in [0.717, 1.165) is 27.1 Å². The Hall–Kier alpha value is -3.85. The zero-order valence-corrected chi connectivity index (χ0v) is 21.3. The largest absolute Gasteiger partial charge is 0.339 e. The highest BCUT2D eigenvalue weighted by Gasteiger charge is 2.32. The summed E-state index contributed by atoms with van der Waals surface area (Å²) in [5, 5.41) is 5.02. The molecule has 6 rings (SSSR count). The van der Waals surface area contributed by atoms with Gasteiger partial charge in [-0.15, -0.1) is 11.3 Å². The molecule has 0 atom stereocenters. The lowest BCUT2D eigenvalue weighted by atomic mass is 9.94. The predicted octanol–water partition coefficient (Wildman–Crippen LogP) is 5.68. The van der Waals surface area contributed by atoms with Gasteiger partial charge in [0.05, 0.1) is 22.5 Å². The van der Waals surface area contributed by atoms with Gasteiger partial charge < -0.3 is 9.88 Å². The van der Waals surface area contributed by atoms with Crippen LogP contribution in [0.15, 0.2) is 49.1 Å². The maximum Gasteiger partial charge on any atom is 0.264 e. The van der Waals surface area contributed by atoms with Gasteiger partial charge in [-0.1, -0.05) is 32.9 Å². The topological polar surface area (TPSA) is 79.7 Å².